The fourth-order valence-electron chi connectivity index (χ4n) is 4.12. The highest BCUT2D eigenvalue weighted by atomic mass is 35.5. The number of ether oxygens (including phenoxy) is 1. The largest absolute Gasteiger partial charge is 0.457 e. The van der Waals surface area contributed by atoms with Crippen LogP contribution in [0.5, 0.6) is 0 Å². The van der Waals surface area contributed by atoms with E-state index in [0.717, 1.165) is 17.3 Å². The molecule has 0 radical (unpaired) electrons. The average molecular weight is 575 g/mol. The predicted octanol–water partition coefficient (Wildman–Crippen LogP) is 6.06. The van der Waals surface area contributed by atoms with Gasteiger partial charge in [0, 0.05) is 28.5 Å². The first-order valence-electron chi connectivity index (χ1n) is 12.0. The predicted molar refractivity (Wildman–Crippen MR) is 153 cm³/mol. The third-order valence-corrected chi connectivity index (χ3v) is 7.37. The number of carbonyl (C=O) groups is 2. The van der Waals surface area contributed by atoms with Crippen LogP contribution in [0.1, 0.15) is 24.0 Å². The van der Waals surface area contributed by atoms with Gasteiger partial charge in [0.05, 0.1) is 38.8 Å². The molecule has 1 aliphatic rings. The molecule has 0 bridgehead atoms. The number of anilines is 1. The van der Waals surface area contributed by atoms with Crippen molar-refractivity contribution in [2.75, 3.05) is 11.1 Å². The fourth-order valence-corrected chi connectivity index (χ4v) is 5.26. The summed E-state index contributed by atoms with van der Waals surface area (Å²) in [5.74, 6) is -1.86. The minimum Gasteiger partial charge on any atom is -0.457 e. The minimum atomic E-state index is -0.816. The van der Waals surface area contributed by atoms with Gasteiger partial charge in [-0.25, -0.2) is 4.79 Å². The highest BCUT2D eigenvalue weighted by Gasteiger charge is 2.36. The normalized spacial score (nSPS) is 14.7. The minimum absolute atomic E-state index is 0.0573. The summed E-state index contributed by atoms with van der Waals surface area (Å²) in [4.78, 5) is 36.3. The van der Waals surface area contributed by atoms with E-state index in [9.17, 15) is 25.0 Å². The van der Waals surface area contributed by atoms with Crippen LogP contribution < -0.4 is 10.6 Å². The van der Waals surface area contributed by atoms with Crippen molar-refractivity contribution in [3.8, 4) is 6.07 Å². The van der Waals surface area contributed by atoms with E-state index in [1.807, 2.05) is 30.3 Å². The van der Waals surface area contributed by atoms with E-state index in [4.69, 9.17) is 16.3 Å². The molecule has 0 saturated carbocycles. The molecular formula is C29H23ClN4O5S. The molecule has 40 heavy (non-hydrogen) atoms. The smallest absolute Gasteiger partial charge is 0.337 e. The summed E-state index contributed by atoms with van der Waals surface area (Å²) in [6.45, 7) is 1.76. The number of non-ortho nitro benzene ring substituents is 1. The van der Waals surface area contributed by atoms with Crippen molar-refractivity contribution in [2.45, 2.75) is 19.4 Å². The molecule has 3 aromatic carbocycles. The van der Waals surface area contributed by atoms with Crippen molar-refractivity contribution in [3.05, 3.63) is 127 Å². The molecule has 0 aromatic heterocycles. The Bertz CT molecular complexity index is 1550. The molecule has 1 amide bonds. The van der Waals surface area contributed by atoms with Gasteiger partial charge in [0.1, 0.15) is 6.61 Å². The summed E-state index contributed by atoms with van der Waals surface area (Å²) >= 11 is 7.62. The Labute approximate surface area is 239 Å². The maximum atomic E-state index is 13.4. The number of thioether (sulfide) groups is 1. The number of hydrogen-bond acceptors (Lipinski definition) is 8. The number of nitrogens with one attached hydrogen (secondary N) is 2. The van der Waals surface area contributed by atoms with Crippen molar-refractivity contribution in [1.82, 2.24) is 5.32 Å². The van der Waals surface area contributed by atoms with E-state index in [-0.39, 0.29) is 35.1 Å². The van der Waals surface area contributed by atoms with Gasteiger partial charge in [-0.2, -0.15) is 5.26 Å². The molecule has 0 saturated heterocycles. The lowest BCUT2D eigenvalue weighted by atomic mass is 9.82. The van der Waals surface area contributed by atoms with E-state index in [2.05, 4.69) is 16.7 Å². The van der Waals surface area contributed by atoms with Gasteiger partial charge in [0.15, 0.2) is 0 Å². The fraction of sp³-hybridized carbons (Fsp3) is 0.138. The molecule has 9 nitrogen and oxygen atoms in total. The van der Waals surface area contributed by atoms with Crippen molar-refractivity contribution in [1.29, 1.82) is 5.26 Å². The van der Waals surface area contributed by atoms with Crippen LogP contribution in [0.3, 0.4) is 0 Å². The Morgan fingerprint density at radius 1 is 1.10 bits per heavy atom. The summed E-state index contributed by atoms with van der Waals surface area (Å²) in [7, 11) is 0. The number of allylic oxidation sites excluding steroid dienone is 2. The van der Waals surface area contributed by atoms with Crippen LogP contribution in [-0.4, -0.2) is 22.6 Å². The molecule has 11 heteroatoms. The quantitative estimate of drug-likeness (QED) is 0.179. The number of hydrogen-bond donors (Lipinski definition) is 2. The molecule has 3 aromatic rings. The van der Waals surface area contributed by atoms with E-state index in [1.54, 1.807) is 31.2 Å². The number of halogens is 1. The molecule has 1 unspecified atom stereocenters. The van der Waals surface area contributed by atoms with E-state index < -0.39 is 16.8 Å². The molecule has 1 atom stereocenters. The Balaban J connectivity index is 1.57. The van der Waals surface area contributed by atoms with Crippen molar-refractivity contribution >= 4 is 46.6 Å². The number of amides is 1. The van der Waals surface area contributed by atoms with Crippen LogP contribution in [0.15, 0.2) is 101 Å². The third kappa shape index (κ3) is 6.69. The highest BCUT2D eigenvalue weighted by molar-refractivity contribution is 8.03. The van der Waals surface area contributed by atoms with Crippen LogP contribution in [0.4, 0.5) is 11.4 Å². The lowest BCUT2D eigenvalue weighted by molar-refractivity contribution is -0.384. The SMILES string of the molecule is CC1=C(C(=O)OCc2ccccc2)C(c2ccccc2Cl)C(C#N)=C(SCC(=O)Nc2ccc([N+](=O)[O-])cc2)N1. The summed E-state index contributed by atoms with van der Waals surface area (Å²) < 4.78 is 5.62. The monoisotopic (exact) mass is 574 g/mol. The number of benzene rings is 3. The maximum Gasteiger partial charge on any atom is 0.337 e. The summed E-state index contributed by atoms with van der Waals surface area (Å²) in [5.41, 5.74) is 2.63. The molecule has 0 aliphatic carbocycles. The standard InChI is InChI=1S/C29H23ClN4O5S/c1-18-26(29(36)39-16-19-7-3-2-4-8-19)27(22-9-5-6-10-24(22)30)23(15-31)28(32-18)40-17-25(35)33-20-11-13-21(14-12-20)34(37)38/h2-14,27,32H,16-17H2,1H3,(H,33,35). The van der Waals surface area contributed by atoms with Crippen LogP contribution >= 0.6 is 23.4 Å². The first-order chi connectivity index (χ1) is 19.3. The number of nitriles is 1. The number of nitro groups is 1. The van der Waals surface area contributed by atoms with Gasteiger partial charge in [0.25, 0.3) is 5.69 Å². The van der Waals surface area contributed by atoms with Crippen LogP contribution in [0.25, 0.3) is 0 Å². The van der Waals surface area contributed by atoms with E-state index >= 15 is 0 Å². The first-order valence-corrected chi connectivity index (χ1v) is 13.4. The number of rotatable bonds is 9. The van der Waals surface area contributed by atoms with Crippen molar-refractivity contribution in [3.63, 3.8) is 0 Å². The van der Waals surface area contributed by atoms with Crippen LogP contribution in [0.2, 0.25) is 5.02 Å². The molecule has 202 valence electrons. The Hall–Kier alpha value is -4.59. The highest BCUT2D eigenvalue weighted by Crippen LogP contribution is 2.43. The zero-order valence-electron chi connectivity index (χ0n) is 21.2. The number of nitro benzene ring substituents is 1. The molecule has 0 fully saturated rings. The Morgan fingerprint density at radius 2 is 1.77 bits per heavy atom. The van der Waals surface area contributed by atoms with Crippen molar-refractivity contribution < 1.29 is 19.2 Å². The second-order valence-electron chi connectivity index (χ2n) is 8.68. The Kier molecular flexibility index (Phi) is 9.22. The summed E-state index contributed by atoms with van der Waals surface area (Å²) in [6.07, 6.45) is 0. The maximum absolute atomic E-state index is 13.4. The molecule has 4 rings (SSSR count). The lowest BCUT2D eigenvalue weighted by Gasteiger charge is -2.29. The molecule has 1 heterocycles. The zero-order valence-corrected chi connectivity index (χ0v) is 22.8. The van der Waals surface area contributed by atoms with Gasteiger partial charge in [-0.05, 0) is 36.2 Å². The van der Waals surface area contributed by atoms with Gasteiger partial charge in [-0.15, -0.1) is 0 Å². The molecular weight excluding hydrogens is 552 g/mol. The third-order valence-electron chi connectivity index (χ3n) is 6.01. The Morgan fingerprint density at radius 3 is 2.42 bits per heavy atom. The lowest BCUT2D eigenvalue weighted by Crippen LogP contribution is -2.29. The number of nitrogens with zero attached hydrogens (tertiary/aromatic N) is 2. The van der Waals surface area contributed by atoms with Gasteiger partial charge in [0.2, 0.25) is 5.91 Å². The van der Waals surface area contributed by atoms with E-state index in [1.165, 1.54) is 24.3 Å². The summed E-state index contributed by atoms with van der Waals surface area (Å²) in [6, 6.07) is 23.9. The van der Waals surface area contributed by atoms with Crippen molar-refractivity contribution in [2.24, 2.45) is 0 Å². The molecule has 0 spiro atoms. The van der Waals surface area contributed by atoms with Gasteiger partial charge >= 0.3 is 5.97 Å². The van der Waals surface area contributed by atoms with Gasteiger partial charge in [-0.1, -0.05) is 71.9 Å². The number of dihydropyridines is 1. The second-order valence-corrected chi connectivity index (χ2v) is 10.1. The van der Waals surface area contributed by atoms with Gasteiger partial charge in [-0.3, -0.25) is 14.9 Å². The number of carbonyl (C=O) groups excluding carboxylic acids is 2. The van der Waals surface area contributed by atoms with Crippen LogP contribution in [0, 0.1) is 21.4 Å². The topological polar surface area (TPSA) is 134 Å². The van der Waals surface area contributed by atoms with Crippen LogP contribution in [-0.2, 0) is 20.9 Å². The van der Waals surface area contributed by atoms with Gasteiger partial charge < -0.3 is 15.4 Å². The zero-order chi connectivity index (χ0) is 28.6. The average Bonchev–Trinajstić information content (AvgIpc) is 2.95. The first kappa shape index (κ1) is 28.4. The molecule has 2 N–H and O–H groups in total. The molecule has 1 aliphatic heterocycles. The number of esters is 1. The second kappa shape index (κ2) is 13.0. The summed E-state index contributed by atoms with van der Waals surface area (Å²) in [5, 5.41) is 27.6. The van der Waals surface area contributed by atoms with E-state index in [0.29, 0.717) is 27.0 Å².